The molecule has 2 fully saturated rings. The van der Waals surface area contributed by atoms with Crippen molar-refractivity contribution in [2.24, 2.45) is 11.8 Å². The Bertz CT molecular complexity index is 793. The van der Waals surface area contributed by atoms with Gasteiger partial charge in [0.1, 0.15) is 5.75 Å². The molecule has 8 heteroatoms. The van der Waals surface area contributed by atoms with E-state index in [9.17, 15) is 8.42 Å². The standard InChI is InChI=1S/C19H29N3O3S2/c1-4-22(5-2)27(23,24)15-8-9-18(25-3)17(12-15)21-19(26)20-16-11-13-6-7-14(16)10-13/h8-9,12-14,16H,4-7,10-11H2,1-3H3,(H2,20,21,26)/t13-,14+,16-/m0/s1. The van der Waals surface area contributed by atoms with Crippen molar-refractivity contribution < 1.29 is 13.2 Å². The largest absolute Gasteiger partial charge is 0.495 e. The molecule has 6 nitrogen and oxygen atoms in total. The minimum absolute atomic E-state index is 0.234. The molecule has 0 radical (unpaired) electrons. The number of hydrogen-bond donors (Lipinski definition) is 2. The zero-order valence-electron chi connectivity index (χ0n) is 16.2. The molecule has 0 saturated heterocycles. The van der Waals surface area contributed by atoms with Crippen molar-refractivity contribution in [3.8, 4) is 5.75 Å². The van der Waals surface area contributed by atoms with Crippen LogP contribution in [0.3, 0.4) is 0 Å². The van der Waals surface area contributed by atoms with Gasteiger partial charge in [-0.15, -0.1) is 0 Å². The first kappa shape index (κ1) is 20.4. The van der Waals surface area contributed by atoms with Gasteiger partial charge in [0.15, 0.2) is 5.11 Å². The van der Waals surface area contributed by atoms with E-state index in [1.807, 2.05) is 13.8 Å². The molecular weight excluding hydrogens is 382 g/mol. The highest BCUT2D eigenvalue weighted by Crippen LogP contribution is 2.44. The molecule has 2 N–H and O–H groups in total. The number of sulfonamides is 1. The van der Waals surface area contributed by atoms with Gasteiger partial charge in [-0.3, -0.25) is 0 Å². The van der Waals surface area contributed by atoms with Crippen molar-refractivity contribution in [2.75, 3.05) is 25.5 Å². The molecular formula is C19H29N3O3S2. The normalized spacial score (nSPS) is 24.2. The van der Waals surface area contributed by atoms with Crippen molar-refractivity contribution in [1.82, 2.24) is 9.62 Å². The van der Waals surface area contributed by atoms with Crippen LogP contribution in [0.2, 0.25) is 0 Å². The second-order valence-electron chi connectivity index (χ2n) is 7.33. The van der Waals surface area contributed by atoms with E-state index in [2.05, 4.69) is 10.6 Å². The van der Waals surface area contributed by atoms with E-state index < -0.39 is 10.0 Å². The number of hydrogen-bond acceptors (Lipinski definition) is 4. The van der Waals surface area contributed by atoms with Gasteiger partial charge in [0.05, 0.1) is 17.7 Å². The summed E-state index contributed by atoms with van der Waals surface area (Å²) in [6, 6.07) is 5.25. The van der Waals surface area contributed by atoms with Gasteiger partial charge < -0.3 is 15.4 Å². The lowest BCUT2D eigenvalue weighted by Gasteiger charge is -2.25. The summed E-state index contributed by atoms with van der Waals surface area (Å²) in [6.45, 7) is 4.52. The van der Waals surface area contributed by atoms with Crippen molar-refractivity contribution in [2.45, 2.75) is 50.5 Å². The molecule has 0 aliphatic heterocycles. The Balaban J connectivity index is 1.76. The summed E-state index contributed by atoms with van der Waals surface area (Å²) in [4.78, 5) is 0.234. The Morgan fingerprint density at radius 2 is 2.00 bits per heavy atom. The Morgan fingerprint density at radius 3 is 2.56 bits per heavy atom. The molecule has 0 unspecified atom stereocenters. The maximum atomic E-state index is 12.8. The predicted molar refractivity (Wildman–Crippen MR) is 112 cm³/mol. The van der Waals surface area contributed by atoms with Gasteiger partial charge in [-0.05, 0) is 61.5 Å². The molecule has 1 aromatic rings. The minimum atomic E-state index is -3.54. The summed E-state index contributed by atoms with van der Waals surface area (Å²) < 4.78 is 32.4. The predicted octanol–water partition coefficient (Wildman–Crippen LogP) is 3.20. The molecule has 27 heavy (non-hydrogen) atoms. The first-order valence-corrected chi connectivity index (χ1v) is 11.5. The molecule has 0 aromatic heterocycles. The van der Waals surface area contributed by atoms with Crippen molar-refractivity contribution >= 4 is 33.0 Å². The molecule has 2 bridgehead atoms. The van der Waals surface area contributed by atoms with Gasteiger partial charge >= 0.3 is 0 Å². The van der Waals surface area contributed by atoms with Crippen LogP contribution in [0.4, 0.5) is 5.69 Å². The lowest BCUT2D eigenvalue weighted by Crippen LogP contribution is -2.40. The van der Waals surface area contributed by atoms with Crippen LogP contribution in [-0.4, -0.2) is 44.1 Å². The molecule has 0 spiro atoms. The van der Waals surface area contributed by atoms with Crippen LogP contribution in [0.5, 0.6) is 5.75 Å². The third kappa shape index (κ3) is 4.22. The lowest BCUT2D eigenvalue weighted by atomic mass is 9.96. The van der Waals surface area contributed by atoms with E-state index in [1.165, 1.54) is 30.0 Å². The van der Waals surface area contributed by atoms with E-state index in [1.54, 1.807) is 25.3 Å². The maximum absolute atomic E-state index is 12.8. The Kier molecular flexibility index (Phi) is 6.28. The molecule has 0 heterocycles. The molecule has 3 atom stereocenters. The Labute approximate surface area is 167 Å². The van der Waals surface area contributed by atoms with E-state index in [-0.39, 0.29) is 4.90 Å². The fourth-order valence-electron chi connectivity index (χ4n) is 4.41. The first-order valence-electron chi connectivity index (χ1n) is 9.64. The smallest absolute Gasteiger partial charge is 0.243 e. The van der Waals surface area contributed by atoms with Crippen LogP contribution in [0.15, 0.2) is 23.1 Å². The number of benzene rings is 1. The highest BCUT2D eigenvalue weighted by atomic mass is 32.2. The molecule has 2 aliphatic carbocycles. The second-order valence-corrected chi connectivity index (χ2v) is 9.68. The number of anilines is 1. The highest BCUT2D eigenvalue weighted by molar-refractivity contribution is 7.89. The Hall–Kier alpha value is -1.38. The minimum Gasteiger partial charge on any atom is -0.495 e. The topological polar surface area (TPSA) is 70.7 Å². The van der Waals surface area contributed by atoms with Crippen LogP contribution >= 0.6 is 12.2 Å². The highest BCUT2D eigenvalue weighted by Gasteiger charge is 2.39. The molecule has 0 amide bonds. The van der Waals surface area contributed by atoms with E-state index in [0.29, 0.717) is 41.6 Å². The average molecular weight is 412 g/mol. The number of nitrogens with zero attached hydrogens (tertiary/aromatic N) is 1. The van der Waals surface area contributed by atoms with Crippen molar-refractivity contribution in [3.63, 3.8) is 0 Å². The average Bonchev–Trinajstić information content (AvgIpc) is 3.25. The number of thiocarbonyl (C=S) groups is 1. The summed E-state index contributed by atoms with van der Waals surface area (Å²) in [5, 5.41) is 7.08. The third-order valence-electron chi connectivity index (χ3n) is 5.82. The number of methoxy groups -OCH3 is 1. The summed E-state index contributed by atoms with van der Waals surface area (Å²) in [7, 11) is -1.98. The van der Waals surface area contributed by atoms with E-state index >= 15 is 0 Å². The fraction of sp³-hybridized carbons (Fsp3) is 0.632. The van der Waals surface area contributed by atoms with Gasteiger partial charge in [-0.2, -0.15) is 4.31 Å². The first-order chi connectivity index (χ1) is 12.9. The van der Waals surface area contributed by atoms with Gasteiger partial charge in [0.25, 0.3) is 0 Å². The molecule has 150 valence electrons. The summed E-state index contributed by atoms with van der Waals surface area (Å²) in [5.74, 6) is 2.09. The number of fused-ring (bicyclic) bond motifs is 2. The van der Waals surface area contributed by atoms with E-state index in [0.717, 1.165) is 5.92 Å². The summed E-state index contributed by atoms with van der Waals surface area (Å²) >= 11 is 5.49. The van der Waals surface area contributed by atoms with Crippen LogP contribution in [0, 0.1) is 11.8 Å². The zero-order valence-corrected chi connectivity index (χ0v) is 17.8. The molecule has 2 saturated carbocycles. The monoisotopic (exact) mass is 411 g/mol. The Morgan fingerprint density at radius 1 is 1.26 bits per heavy atom. The lowest BCUT2D eigenvalue weighted by molar-refractivity contribution is 0.391. The number of nitrogens with one attached hydrogen (secondary N) is 2. The second kappa shape index (κ2) is 8.32. The zero-order chi connectivity index (χ0) is 19.6. The van der Waals surface area contributed by atoms with E-state index in [4.69, 9.17) is 17.0 Å². The number of rotatable bonds is 7. The van der Waals surface area contributed by atoms with Gasteiger partial charge in [-0.25, -0.2) is 8.42 Å². The molecule has 2 aliphatic rings. The number of ether oxygens (including phenoxy) is 1. The molecule has 1 aromatic carbocycles. The van der Waals surface area contributed by atoms with Crippen LogP contribution in [0.1, 0.15) is 39.5 Å². The fourth-order valence-corrected chi connectivity index (χ4v) is 6.15. The van der Waals surface area contributed by atoms with Crippen molar-refractivity contribution in [1.29, 1.82) is 0 Å². The van der Waals surface area contributed by atoms with Crippen LogP contribution in [0.25, 0.3) is 0 Å². The quantitative estimate of drug-likeness (QED) is 0.672. The van der Waals surface area contributed by atoms with Gasteiger partial charge in [0, 0.05) is 19.1 Å². The maximum Gasteiger partial charge on any atom is 0.243 e. The third-order valence-corrected chi connectivity index (χ3v) is 8.08. The van der Waals surface area contributed by atoms with Gasteiger partial charge in [0.2, 0.25) is 10.0 Å². The summed E-state index contributed by atoms with van der Waals surface area (Å²) in [5.41, 5.74) is 0.561. The van der Waals surface area contributed by atoms with Crippen LogP contribution < -0.4 is 15.4 Å². The van der Waals surface area contributed by atoms with Crippen LogP contribution in [-0.2, 0) is 10.0 Å². The summed E-state index contributed by atoms with van der Waals surface area (Å²) in [6.07, 6.45) is 5.06. The van der Waals surface area contributed by atoms with Crippen molar-refractivity contribution in [3.05, 3.63) is 18.2 Å². The van der Waals surface area contributed by atoms with Gasteiger partial charge in [-0.1, -0.05) is 20.3 Å². The molecule has 3 rings (SSSR count). The SMILES string of the molecule is CCN(CC)S(=O)(=O)c1ccc(OC)c(NC(=S)N[C@H]2C[C@H]3CC[C@@H]2C3)c1.